The summed E-state index contributed by atoms with van der Waals surface area (Å²) in [6.45, 7) is 11.1. The molecule has 1 aliphatic heterocycles. The van der Waals surface area contributed by atoms with Gasteiger partial charge < -0.3 is 19.5 Å². The Labute approximate surface area is 197 Å². The summed E-state index contributed by atoms with van der Waals surface area (Å²) in [5.41, 5.74) is 2.58. The van der Waals surface area contributed by atoms with Gasteiger partial charge in [-0.3, -0.25) is 4.79 Å². The molecule has 1 aromatic carbocycles. The molecule has 2 aromatic rings. The first-order chi connectivity index (χ1) is 15.6. The Kier molecular flexibility index (Phi) is 8.06. The molecule has 180 valence electrons. The number of benzene rings is 1. The van der Waals surface area contributed by atoms with Crippen molar-refractivity contribution in [2.24, 2.45) is 24.8 Å². The van der Waals surface area contributed by atoms with Crippen LogP contribution in [0.4, 0.5) is 0 Å². The van der Waals surface area contributed by atoms with E-state index in [0.717, 1.165) is 18.4 Å². The van der Waals surface area contributed by atoms with Crippen molar-refractivity contribution in [3.8, 4) is 22.6 Å². The van der Waals surface area contributed by atoms with Gasteiger partial charge in [-0.15, -0.1) is 0 Å². The monoisotopic (exact) mass is 453 g/mol. The number of hydrogen-bond donors (Lipinski definition) is 2. The molecule has 1 aromatic heterocycles. The molecule has 1 aliphatic rings. The third kappa shape index (κ3) is 5.70. The highest BCUT2D eigenvalue weighted by atomic mass is 16.5. The summed E-state index contributed by atoms with van der Waals surface area (Å²) in [7, 11) is 1.69. The number of allylic oxidation sites excluding steroid dienone is 1. The molecule has 2 N–H and O–H groups in total. The fraction of sp³-hybridized carbons (Fsp3) is 0.536. The van der Waals surface area contributed by atoms with Gasteiger partial charge in [0.15, 0.2) is 0 Å². The van der Waals surface area contributed by atoms with Crippen molar-refractivity contribution in [2.75, 3.05) is 0 Å². The largest absolute Gasteiger partial charge is 0.508 e. The summed E-state index contributed by atoms with van der Waals surface area (Å²) in [5, 5.41) is 20.8. The molecule has 1 fully saturated rings. The Hall–Kier alpha value is -2.53. The molecule has 2 unspecified atom stereocenters. The molecule has 0 spiro atoms. The molecule has 33 heavy (non-hydrogen) atoms. The topological polar surface area (TPSA) is 71.7 Å². The number of pyridine rings is 1. The van der Waals surface area contributed by atoms with Crippen molar-refractivity contribution in [2.45, 2.75) is 72.5 Å². The number of nitrogens with zero attached hydrogens (tertiary/aromatic N) is 1. The molecular formula is C28H39NO4. The summed E-state index contributed by atoms with van der Waals surface area (Å²) < 4.78 is 8.03. The van der Waals surface area contributed by atoms with Gasteiger partial charge in [0, 0.05) is 18.8 Å². The fourth-order valence-electron chi connectivity index (χ4n) is 5.02. The Bertz CT molecular complexity index is 1040. The van der Waals surface area contributed by atoms with E-state index in [1.165, 1.54) is 16.6 Å². The van der Waals surface area contributed by atoms with Gasteiger partial charge in [0.1, 0.15) is 11.5 Å². The molecular weight excluding hydrogens is 414 g/mol. The van der Waals surface area contributed by atoms with Crippen molar-refractivity contribution in [3.63, 3.8) is 0 Å². The van der Waals surface area contributed by atoms with Crippen LogP contribution in [0.3, 0.4) is 0 Å². The minimum atomic E-state index is -0.463. The normalized spacial score (nSPS) is 23.3. The average molecular weight is 454 g/mol. The Morgan fingerprint density at radius 1 is 1.21 bits per heavy atom. The van der Waals surface area contributed by atoms with E-state index in [2.05, 4.69) is 40.7 Å². The summed E-state index contributed by atoms with van der Waals surface area (Å²) in [6, 6.07) is 6.61. The van der Waals surface area contributed by atoms with E-state index >= 15 is 0 Å². The zero-order valence-electron chi connectivity index (χ0n) is 20.8. The van der Waals surface area contributed by atoms with Gasteiger partial charge in [0.05, 0.1) is 17.8 Å². The van der Waals surface area contributed by atoms with Gasteiger partial charge >= 0.3 is 0 Å². The molecule has 5 nitrogen and oxygen atoms in total. The lowest BCUT2D eigenvalue weighted by Crippen LogP contribution is -2.34. The molecule has 2 heterocycles. The van der Waals surface area contributed by atoms with Crippen molar-refractivity contribution in [3.05, 3.63) is 58.0 Å². The second-order valence-electron chi connectivity index (χ2n) is 10.0. The number of hydrogen-bond acceptors (Lipinski definition) is 4. The maximum absolute atomic E-state index is 13.1. The lowest BCUT2D eigenvalue weighted by atomic mass is 9.85. The van der Waals surface area contributed by atoms with Crippen LogP contribution in [-0.4, -0.2) is 20.9 Å². The molecule has 5 atom stereocenters. The van der Waals surface area contributed by atoms with Crippen LogP contribution in [0, 0.1) is 17.8 Å². The smallest absolute Gasteiger partial charge is 0.259 e. The lowest BCUT2D eigenvalue weighted by Gasteiger charge is -2.36. The molecule has 0 bridgehead atoms. The highest BCUT2D eigenvalue weighted by Crippen LogP contribution is 2.42. The van der Waals surface area contributed by atoms with Gasteiger partial charge in [0.25, 0.3) is 5.56 Å². The molecule has 3 rings (SSSR count). The van der Waals surface area contributed by atoms with Gasteiger partial charge in [-0.2, -0.15) is 0 Å². The zero-order valence-corrected chi connectivity index (χ0v) is 20.8. The van der Waals surface area contributed by atoms with Gasteiger partial charge in [-0.05, 0) is 67.2 Å². The third-order valence-electron chi connectivity index (χ3n) is 7.06. The molecule has 1 saturated heterocycles. The van der Waals surface area contributed by atoms with E-state index in [1.54, 1.807) is 37.5 Å². The van der Waals surface area contributed by atoms with E-state index in [-0.39, 0.29) is 23.2 Å². The van der Waals surface area contributed by atoms with Crippen LogP contribution < -0.4 is 5.56 Å². The fourth-order valence-corrected chi connectivity index (χ4v) is 5.02. The first-order valence-electron chi connectivity index (χ1n) is 12.2. The lowest BCUT2D eigenvalue weighted by molar-refractivity contribution is -0.0631. The molecule has 5 heteroatoms. The van der Waals surface area contributed by atoms with Crippen LogP contribution in [0.2, 0.25) is 0 Å². The number of phenols is 1. The van der Waals surface area contributed by atoms with E-state index in [0.29, 0.717) is 35.3 Å². The second kappa shape index (κ2) is 10.6. The van der Waals surface area contributed by atoms with Gasteiger partial charge in [-0.25, -0.2) is 0 Å². The highest BCUT2D eigenvalue weighted by Gasteiger charge is 2.34. The van der Waals surface area contributed by atoms with Crippen molar-refractivity contribution >= 4 is 0 Å². The Morgan fingerprint density at radius 3 is 2.52 bits per heavy atom. The Morgan fingerprint density at radius 2 is 1.88 bits per heavy atom. The SMILES string of the molecule is CC[C@@H](C)C[C@H](C)/C=C(\C)C1OC(c2c(O)c(-c3ccc(O)cc3)cn(C)c2=O)CC[C@H]1C. The summed E-state index contributed by atoms with van der Waals surface area (Å²) in [4.78, 5) is 13.1. The molecule has 0 radical (unpaired) electrons. The first kappa shape index (κ1) is 25.1. The van der Waals surface area contributed by atoms with Gasteiger partial charge in [-0.1, -0.05) is 52.3 Å². The summed E-state index contributed by atoms with van der Waals surface area (Å²) >= 11 is 0. The summed E-state index contributed by atoms with van der Waals surface area (Å²) in [5.74, 6) is 1.62. The maximum atomic E-state index is 13.1. The predicted molar refractivity (Wildman–Crippen MR) is 133 cm³/mol. The number of rotatable bonds is 7. The van der Waals surface area contributed by atoms with Gasteiger partial charge in [0.2, 0.25) is 0 Å². The number of aryl methyl sites for hydroxylation is 1. The zero-order chi connectivity index (χ0) is 24.3. The van der Waals surface area contributed by atoms with E-state index in [4.69, 9.17) is 4.74 Å². The number of aromatic nitrogens is 1. The molecule has 0 amide bonds. The number of phenolic OH excluding ortho intramolecular Hbond substituents is 1. The van der Waals surface area contributed by atoms with Crippen LogP contribution in [0.25, 0.3) is 11.1 Å². The van der Waals surface area contributed by atoms with Crippen molar-refractivity contribution in [1.29, 1.82) is 0 Å². The minimum absolute atomic E-state index is 0.0335. The molecule has 0 saturated carbocycles. The minimum Gasteiger partial charge on any atom is -0.508 e. The molecule has 0 aliphatic carbocycles. The number of ether oxygens (including phenoxy) is 1. The summed E-state index contributed by atoms with van der Waals surface area (Å²) in [6.07, 6.45) is 7.35. The Balaban J connectivity index is 1.93. The van der Waals surface area contributed by atoms with Crippen molar-refractivity contribution < 1.29 is 14.9 Å². The standard InChI is InChI=1S/C28H39NO4/c1-7-17(2)14-18(3)15-20(5)27-19(4)8-13-24(33-27)25-26(31)23(16-29(6)28(25)32)21-9-11-22(30)12-10-21/h9-12,15-19,24,27,30-31H,7-8,13-14H2,1-6H3/b20-15+/t17-,18+,19-,24?,27?/m1/s1. The highest BCUT2D eigenvalue weighted by molar-refractivity contribution is 5.71. The van der Waals surface area contributed by atoms with Crippen LogP contribution in [-0.2, 0) is 11.8 Å². The van der Waals surface area contributed by atoms with Crippen LogP contribution in [0.1, 0.15) is 72.0 Å². The quantitative estimate of drug-likeness (QED) is 0.480. The van der Waals surface area contributed by atoms with Crippen LogP contribution in [0.15, 0.2) is 46.9 Å². The van der Waals surface area contributed by atoms with E-state index < -0.39 is 6.10 Å². The van der Waals surface area contributed by atoms with Crippen molar-refractivity contribution in [1.82, 2.24) is 4.57 Å². The predicted octanol–water partition coefficient (Wildman–Crippen LogP) is 6.34. The second-order valence-corrected chi connectivity index (χ2v) is 10.0. The maximum Gasteiger partial charge on any atom is 0.259 e. The third-order valence-corrected chi connectivity index (χ3v) is 7.06. The van der Waals surface area contributed by atoms with Crippen LogP contribution >= 0.6 is 0 Å². The van der Waals surface area contributed by atoms with Crippen LogP contribution in [0.5, 0.6) is 11.5 Å². The number of aromatic hydroxyl groups is 2. The average Bonchev–Trinajstić information content (AvgIpc) is 2.77. The van der Waals surface area contributed by atoms with E-state index in [1.807, 2.05) is 0 Å². The van der Waals surface area contributed by atoms with E-state index in [9.17, 15) is 15.0 Å². The first-order valence-corrected chi connectivity index (χ1v) is 12.2.